The molecule has 7 heteroatoms. The number of hydrogen-bond donors (Lipinski definition) is 3. The summed E-state index contributed by atoms with van der Waals surface area (Å²) in [5.41, 5.74) is 1.11. The van der Waals surface area contributed by atoms with Crippen molar-refractivity contribution in [1.82, 2.24) is 10.6 Å². The molecule has 1 aliphatic carbocycles. The summed E-state index contributed by atoms with van der Waals surface area (Å²) in [7, 11) is 0. The summed E-state index contributed by atoms with van der Waals surface area (Å²) in [6.45, 7) is 6.41. The van der Waals surface area contributed by atoms with E-state index in [0.29, 0.717) is 13.2 Å². The normalized spacial score (nSPS) is 18.3. The van der Waals surface area contributed by atoms with E-state index in [0.717, 1.165) is 63.3 Å². The fourth-order valence-corrected chi connectivity index (χ4v) is 3.93. The number of piperazine rings is 1. The maximum absolute atomic E-state index is 12.2. The molecule has 3 rings (SSSR count). The molecule has 1 aromatic carbocycles. The van der Waals surface area contributed by atoms with E-state index < -0.39 is 0 Å². The highest BCUT2D eigenvalue weighted by atomic mass is 16.5. The molecule has 0 spiro atoms. The van der Waals surface area contributed by atoms with Gasteiger partial charge in [0, 0.05) is 6.04 Å². The van der Waals surface area contributed by atoms with Crippen LogP contribution in [-0.2, 0) is 4.79 Å². The van der Waals surface area contributed by atoms with Gasteiger partial charge >= 0.3 is 6.03 Å². The standard InChI is InChI=1S/C20H30N4O3/c1-2-27-18-10-6-5-9-17(18)24-13-11-23(12-14-24)15-19(25)22-20(26)21-16-7-3-4-8-16/h5-6,9-10,16H,2-4,7-8,11-15H2,1H3,(H2,21,22,25,26)/p+1. The van der Waals surface area contributed by atoms with Gasteiger partial charge in [0.05, 0.1) is 38.5 Å². The Labute approximate surface area is 161 Å². The summed E-state index contributed by atoms with van der Waals surface area (Å²) >= 11 is 0. The van der Waals surface area contributed by atoms with E-state index in [1.54, 1.807) is 0 Å². The minimum Gasteiger partial charge on any atom is -0.492 e. The Kier molecular flexibility index (Phi) is 6.92. The van der Waals surface area contributed by atoms with E-state index >= 15 is 0 Å². The van der Waals surface area contributed by atoms with Crippen molar-refractivity contribution in [1.29, 1.82) is 0 Å². The molecule has 0 atom stereocenters. The zero-order valence-electron chi connectivity index (χ0n) is 16.1. The van der Waals surface area contributed by atoms with Crippen LogP contribution < -0.4 is 25.2 Å². The summed E-state index contributed by atoms with van der Waals surface area (Å²) in [4.78, 5) is 27.6. The zero-order valence-corrected chi connectivity index (χ0v) is 16.1. The minimum atomic E-state index is -0.351. The molecule has 1 heterocycles. The van der Waals surface area contributed by atoms with Gasteiger partial charge in [-0.05, 0) is 31.9 Å². The van der Waals surface area contributed by atoms with Crippen LogP contribution in [0, 0.1) is 0 Å². The van der Waals surface area contributed by atoms with E-state index in [1.165, 1.54) is 4.90 Å². The number of carbonyl (C=O) groups excluding carboxylic acids is 2. The fraction of sp³-hybridized carbons (Fsp3) is 0.600. The highest BCUT2D eigenvalue weighted by molar-refractivity contribution is 5.94. The van der Waals surface area contributed by atoms with Gasteiger partial charge in [-0.1, -0.05) is 25.0 Å². The number of para-hydroxylation sites is 2. The van der Waals surface area contributed by atoms with Gasteiger partial charge in [-0.3, -0.25) is 10.1 Å². The van der Waals surface area contributed by atoms with Crippen LogP contribution in [0.1, 0.15) is 32.6 Å². The first kappa shape index (κ1) is 19.5. The molecular weight excluding hydrogens is 344 g/mol. The molecule has 2 fully saturated rings. The molecule has 2 aliphatic rings. The SMILES string of the molecule is CCOc1ccccc1N1CC[NH+](CC(=O)NC(=O)NC2CCCC2)CC1. The van der Waals surface area contributed by atoms with Crippen LogP contribution in [0.3, 0.4) is 0 Å². The maximum atomic E-state index is 12.2. The summed E-state index contributed by atoms with van der Waals surface area (Å²) in [6.07, 6.45) is 4.33. The monoisotopic (exact) mass is 375 g/mol. The van der Waals surface area contributed by atoms with Crippen LogP contribution in [0.4, 0.5) is 10.5 Å². The third kappa shape index (κ3) is 5.60. The summed E-state index contributed by atoms with van der Waals surface area (Å²) < 4.78 is 5.72. The van der Waals surface area contributed by atoms with E-state index in [1.807, 2.05) is 25.1 Å². The number of quaternary nitrogens is 1. The van der Waals surface area contributed by atoms with Gasteiger partial charge in [0.25, 0.3) is 5.91 Å². The predicted molar refractivity (Wildman–Crippen MR) is 104 cm³/mol. The lowest BCUT2D eigenvalue weighted by molar-refractivity contribution is -0.892. The van der Waals surface area contributed by atoms with Gasteiger partial charge in [0.15, 0.2) is 6.54 Å². The molecule has 7 nitrogen and oxygen atoms in total. The first-order chi connectivity index (χ1) is 13.2. The number of rotatable bonds is 6. The highest BCUT2D eigenvalue weighted by Crippen LogP contribution is 2.27. The second-order valence-electron chi connectivity index (χ2n) is 7.32. The summed E-state index contributed by atoms with van der Waals surface area (Å²) in [5.74, 6) is 0.702. The number of hydrogen-bond acceptors (Lipinski definition) is 4. The number of carbonyl (C=O) groups is 2. The molecule has 1 aromatic rings. The Balaban J connectivity index is 1.42. The fourth-order valence-electron chi connectivity index (χ4n) is 3.93. The number of amides is 3. The van der Waals surface area contributed by atoms with Crippen LogP contribution in [0.25, 0.3) is 0 Å². The highest BCUT2D eigenvalue weighted by Gasteiger charge is 2.25. The van der Waals surface area contributed by atoms with Gasteiger partial charge < -0.3 is 19.9 Å². The van der Waals surface area contributed by atoms with Crippen LogP contribution in [0.15, 0.2) is 24.3 Å². The topological polar surface area (TPSA) is 75.1 Å². The van der Waals surface area contributed by atoms with Crippen LogP contribution >= 0.6 is 0 Å². The van der Waals surface area contributed by atoms with E-state index in [-0.39, 0.29) is 18.0 Å². The molecule has 148 valence electrons. The first-order valence-corrected chi connectivity index (χ1v) is 10.1. The number of ether oxygens (including phenoxy) is 1. The van der Waals surface area contributed by atoms with E-state index in [2.05, 4.69) is 21.6 Å². The largest absolute Gasteiger partial charge is 0.492 e. The average molecular weight is 375 g/mol. The molecule has 3 N–H and O–H groups in total. The summed E-state index contributed by atoms with van der Waals surface area (Å²) in [6, 6.07) is 7.95. The molecule has 3 amide bonds. The third-order valence-electron chi connectivity index (χ3n) is 5.33. The quantitative estimate of drug-likeness (QED) is 0.679. The van der Waals surface area contributed by atoms with E-state index in [9.17, 15) is 9.59 Å². The van der Waals surface area contributed by atoms with Crippen molar-refractivity contribution in [3.05, 3.63) is 24.3 Å². The van der Waals surface area contributed by atoms with Crippen LogP contribution in [-0.4, -0.2) is 57.3 Å². The van der Waals surface area contributed by atoms with Crippen molar-refractivity contribution in [3.8, 4) is 5.75 Å². The number of anilines is 1. The van der Waals surface area contributed by atoms with Crippen molar-refractivity contribution in [3.63, 3.8) is 0 Å². The number of benzene rings is 1. The van der Waals surface area contributed by atoms with Gasteiger partial charge in [-0.15, -0.1) is 0 Å². The van der Waals surface area contributed by atoms with Crippen molar-refractivity contribution in [2.75, 3.05) is 44.2 Å². The molecule has 0 bridgehead atoms. The van der Waals surface area contributed by atoms with Crippen molar-refractivity contribution in [2.45, 2.75) is 38.6 Å². The van der Waals surface area contributed by atoms with Crippen LogP contribution in [0.5, 0.6) is 5.75 Å². The van der Waals surface area contributed by atoms with Gasteiger partial charge in [0.1, 0.15) is 5.75 Å². The van der Waals surface area contributed by atoms with Gasteiger partial charge in [-0.25, -0.2) is 4.79 Å². The molecule has 27 heavy (non-hydrogen) atoms. The second kappa shape index (κ2) is 9.60. The van der Waals surface area contributed by atoms with E-state index in [4.69, 9.17) is 4.74 Å². The number of imide groups is 1. The molecule has 0 unspecified atom stereocenters. The smallest absolute Gasteiger partial charge is 0.321 e. The first-order valence-electron chi connectivity index (χ1n) is 10.1. The third-order valence-corrected chi connectivity index (χ3v) is 5.33. The Morgan fingerprint density at radius 3 is 2.59 bits per heavy atom. The zero-order chi connectivity index (χ0) is 19.1. The minimum absolute atomic E-state index is 0.205. The van der Waals surface area contributed by atoms with Crippen molar-refractivity contribution < 1.29 is 19.2 Å². The molecular formula is C20H31N4O3+. The molecule has 1 saturated heterocycles. The lowest BCUT2D eigenvalue weighted by atomic mass is 10.2. The molecule has 1 aliphatic heterocycles. The Morgan fingerprint density at radius 1 is 1.19 bits per heavy atom. The second-order valence-corrected chi connectivity index (χ2v) is 7.32. The Morgan fingerprint density at radius 2 is 1.89 bits per heavy atom. The number of nitrogens with zero attached hydrogens (tertiary/aromatic N) is 1. The summed E-state index contributed by atoms with van der Waals surface area (Å²) in [5, 5.41) is 5.37. The number of urea groups is 1. The van der Waals surface area contributed by atoms with Gasteiger partial charge in [-0.2, -0.15) is 0 Å². The Hall–Kier alpha value is -2.28. The van der Waals surface area contributed by atoms with Gasteiger partial charge in [0.2, 0.25) is 0 Å². The molecule has 0 radical (unpaired) electrons. The lowest BCUT2D eigenvalue weighted by Crippen LogP contribution is -3.16. The van der Waals surface area contributed by atoms with Crippen molar-refractivity contribution >= 4 is 17.6 Å². The number of nitrogens with one attached hydrogen (secondary N) is 3. The maximum Gasteiger partial charge on any atom is 0.321 e. The average Bonchev–Trinajstić information content (AvgIpc) is 3.16. The molecule has 0 aromatic heterocycles. The predicted octanol–water partition coefficient (Wildman–Crippen LogP) is 0.559. The Bertz CT molecular complexity index is 638. The van der Waals surface area contributed by atoms with Crippen LogP contribution in [0.2, 0.25) is 0 Å². The van der Waals surface area contributed by atoms with Crippen molar-refractivity contribution in [2.24, 2.45) is 0 Å². The molecule has 1 saturated carbocycles. The lowest BCUT2D eigenvalue weighted by Gasteiger charge is -2.34.